The second kappa shape index (κ2) is 9.27. The third kappa shape index (κ3) is 5.07. The van der Waals surface area contributed by atoms with Crippen molar-refractivity contribution in [3.63, 3.8) is 0 Å². The second-order valence-corrected chi connectivity index (χ2v) is 7.09. The van der Waals surface area contributed by atoms with Gasteiger partial charge in [0, 0.05) is 23.2 Å². The van der Waals surface area contributed by atoms with E-state index in [4.69, 9.17) is 17.3 Å². The largest absolute Gasteiger partial charge is 0.330 e. The minimum atomic E-state index is -0.0982. The van der Waals surface area contributed by atoms with E-state index in [-0.39, 0.29) is 18.3 Å². The van der Waals surface area contributed by atoms with Crippen molar-refractivity contribution in [2.45, 2.75) is 13.0 Å². The van der Waals surface area contributed by atoms with E-state index in [2.05, 4.69) is 11.6 Å². The Morgan fingerprint density at radius 3 is 2.86 bits per heavy atom. The Balaban J connectivity index is 0.00000242. The van der Waals surface area contributed by atoms with Gasteiger partial charge >= 0.3 is 0 Å². The first-order chi connectivity index (χ1) is 10.1. The Hall–Kier alpha value is -0.920. The molecule has 8 heteroatoms. The molecule has 0 unspecified atom stereocenters. The van der Waals surface area contributed by atoms with Gasteiger partial charge in [-0.05, 0) is 18.7 Å². The van der Waals surface area contributed by atoms with Crippen LogP contribution in [0, 0.1) is 0 Å². The third-order valence-corrected chi connectivity index (χ3v) is 4.87. The molecule has 0 saturated heterocycles. The lowest BCUT2D eigenvalue weighted by Crippen LogP contribution is -2.30. The maximum atomic E-state index is 12.5. The van der Waals surface area contributed by atoms with E-state index < -0.39 is 0 Å². The quantitative estimate of drug-likeness (QED) is 0.749. The van der Waals surface area contributed by atoms with E-state index in [1.165, 1.54) is 22.7 Å². The minimum Gasteiger partial charge on any atom is -0.330 e. The number of aromatic nitrogens is 1. The topological polar surface area (TPSA) is 59.2 Å². The summed E-state index contributed by atoms with van der Waals surface area (Å²) in [7, 11) is 0. The first-order valence-electron chi connectivity index (χ1n) is 6.43. The first kappa shape index (κ1) is 19.1. The van der Waals surface area contributed by atoms with Crippen LogP contribution in [0.1, 0.15) is 20.4 Å². The van der Waals surface area contributed by atoms with Gasteiger partial charge in [0.15, 0.2) is 0 Å². The van der Waals surface area contributed by atoms with E-state index in [0.29, 0.717) is 31.7 Å². The van der Waals surface area contributed by atoms with Gasteiger partial charge < -0.3 is 10.6 Å². The number of carbonyl (C=O) groups excluding carboxylic acids is 1. The van der Waals surface area contributed by atoms with Gasteiger partial charge in [-0.25, -0.2) is 4.98 Å². The fourth-order valence-electron chi connectivity index (χ4n) is 1.81. The number of hydrogen-bond acceptors (Lipinski definition) is 5. The Bertz CT molecular complexity index is 627. The molecule has 0 aromatic carbocycles. The standard InChI is InChI=1S/C14H16ClN3OS2.ClH/c1-2-7-18(8-10-3-4-12(15)21-10)14(19)11-9-20-13(17-11)5-6-16;/h2-4,9H,1,5-8,16H2;1H. The highest BCUT2D eigenvalue weighted by molar-refractivity contribution is 7.16. The molecule has 0 spiro atoms. The minimum absolute atomic E-state index is 0. The van der Waals surface area contributed by atoms with Crippen LogP contribution in [0.15, 0.2) is 30.2 Å². The SMILES string of the molecule is C=CCN(Cc1ccc(Cl)s1)C(=O)c1csc(CCN)n1.Cl. The van der Waals surface area contributed by atoms with Crippen LogP contribution >= 0.6 is 46.7 Å². The predicted molar refractivity (Wildman–Crippen MR) is 96.4 cm³/mol. The van der Waals surface area contributed by atoms with Crippen molar-refractivity contribution >= 4 is 52.6 Å². The van der Waals surface area contributed by atoms with Crippen molar-refractivity contribution in [1.82, 2.24) is 9.88 Å². The maximum absolute atomic E-state index is 12.5. The second-order valence-electron chi connectivity index (χ2n) is 4.35. The van der Waals surface area contributed by atoms with E-state index in [1.807, 2.05) is 12.1 Å². The van der Waals surface area contributed by atoms with Crippen LogP contribution in [0.2, 0.25) is 4.34 Å². The molecule has 120 valence electrons. The van der Waals surface area contributed by atoms with E-state index in [9.17, 15) is 4.79 Å². The number of nitrogens with two attached hydrogens (primary N) is 1. The average Bonchev–Trinajstić information content (AvgIpc) is 3.07. The summed E-state index contributed by atoms with van der Waals surface area (Å²) in [5, 5.41) is 2.67. The summed E-state index contributed by atoms with van der Waals surface area (Å²) < 4.78 is 0.717. The average molecular weight is 378 g/mol. The summed E-state index contributed by atoms with van der Waals surface area (Å²) in [4.78, 5) is 19.6. The number of halogens is 2. The predicted octanol–water partition coefficient (Wildman–Crippen LogP) is 3.61. The Morgan fingerprint density at radius 2 is 2.27 bits per heavy atom. The van der Waals surface area contributed by atoms with Gasteiger partial charge in [-0.1, -0.05) is 17.7 Å². The zero-order valence-electron chi connectivity index (χ0n) is 11.8. The van der Waals surface area contributed by atoms with Gasteiger partial charge in [-0.3, -0.25) is 4.79 Å². The molecule has 0 fully saturated rings. The number of thiazole rings is 1. The molecule has 0 aliphatic rings. The molecular weight excluding hydrogens is 361 g/mol. The molecule has 0 radical (unpaired) electrons. The summed E-state index contributed by atoms with van der Waals surface area (Å²) in [6.45, 7) is 5.22. The molecule has 2 rings (SSSR count). The lowest BCUT2D eigenvalue weighted by molar-refractivity contribution is 0.0759. The Kier molecular flexibility index (Phi) is 8.06. The molecule has 22 heavy (non-hydrogen) atoms. The molecule has 0 aliphatic carbocycles. The number of thiophene rings is 1. The molecule has 2 N–H and O–H groups in total. The Labute approximate surface area is 149 Å². The highest BCUT2D eigenvalue weighted by Crippen LogP contribution is 2.23. The summed E-state index contributed by atoms with van der Waals surface area (Å²) in [5.41, 5.74) is 5.97. The van der Waals surface area contributed by atoms with Crippen molar-refractivity contribution in [2.75, 3.05) is 13.1 Å². The molecule has 2 aromatic heterocycles. The Morgan fingerprint density at radius 1 is 1.50 bits per heavy atom. The van der Waals surface area contributed by atoms with Crippen molar-refractivity contribution < 1.29 is 4.79 Å². The van der Waals surface area contributed by atoms with Crippen LogP contribution in [0.25, 0.3) is 0 Å². The van der Waals surface area contributed by atoms with Crippen LogP contribution in [-0.2, 0) is 13.0 Å². The normalized spacial score (nSPS) is 10.1. The first-order valence-corrected chi connectivity index (χ1v) is 8.50. The van der Waals surface area contributed by atoms with Crippen molar-refractivity contribution in [1.29, 1.82) is 0 Å². The van der Waals surface area contributed by atoms with Gasteiger partial charge in [0.1, 0.15) is 5.69 Å². The highest BCUT2D eigenvalue weighted by atomic mass is 35.5. The van der Waals surface area contributed by atoms with Crippen molar-refractivity contribution in [3.05, 3.63) is 50.1 Å². The van der Waals surface area contributed by atoms with Gasteiger partial charge in [0.25, 0.3) is 5.91 Å². The zero-order valence-corrected chi connectivity index (χ0v) is 15.0. The molecule has 0 aliphatic heterocycles. The monoisotopic (exact) mass is 377 g/mol. The fraction of sp³-hybridized carbons (Fsp3) is 0.286. The summed E-state index contributed by atoms with van der Waals surface area (Å²) in [5.74, 6) is -0.0982. The molecule has 0 bridgehead atoms. The fourth-order valence-corrected chi connectivity index (χ4v) is 3.70. The molecule has 1 amide bonds. The lowest BCUT2D eigenvalue weighted by Gasteiger charge is -2.19. The smallest absolute Gasteiger partial charge is 0.273 e. The van der Waals surface area contributed by atoms with E-state index in [1.54, 1.807) is 16.4 Å². The molecule has 2 heterocycles. The van der Waals surface area contributed by atoms with Crippen LogP contribution < -0.4 is 5.73 Å². The van der Waals surface area contributed by atoms with Gasteiger partial charge in [-0.15, -0.1) is 41.7 Å². The van der Waals surface area contributed by atoms with Crippen LogP contribution in [0.3, 0.4) is 0 Å². The van der Waals surface area contributed by atoms with Crippen molar-refractivity contribution in [2.24, 2.45) is 5.73 Å². The number of nitrogens with zero attached hydrogens (tertiary/aromatic N) is 2. The van der Waals surface area contributed by atoms with Gasteiger partial charge in [0.2, 0.25) is 0 Å². The lowest BCUT2D eigenvalue weighted by atomic mass is 10.3. The number of amides is 1. The molecule has 4 nitrogen and oxygen atoms in total. The number of hydrogen-bond donors (Lipinski definition) is 1. The van der Waals surface area contributed by atoms with E-state index >= 15 is 0 Å². The summed E-state index contributed by atoms with van der Waals surface area (Å²) in [6.07, 6.45) is 2.40. The molecule has 2 aromatic rings. The number of carbonyl (C=O) groups is 1. The van der Waals surface area contributed by atoms with Crippen molar-refractivity contribution in [3.8, 4) is 0 Å². The van der Waals surface area contributed by atoms with Gasteiger partial charge in [0.05, 0.1) is 15.9 Å². The molecule has 0 atom stereocenters. The maximum Gasteiger partial charge on any atom is 0.273 e. The van der Waals surface area contributed by atoms with Gasteiger partial charge in [-0.2, -0.15) is 0 Å². The van der Waals surface area contributed by atoms with Crippen LogP contribution in [0.4, 0.5) is 0 Å². The third-order valence-electron chi connectivity index (χ3n) is 2.74. The van der Waals surface area contributed by atoms with E-state index in [0.717, 1.165) is 14.2 Å². The molecular formula is C14H17Cl2N3OS2. The summed E-state index contributed by atoms with van der Waals surface area (Å²) >= 11 is 8.86. The van der Waals surface area contributed by atoms with Crippen LogP contribution in [0.5, 0.6) is 0 Å². The number of rotatable bonds is 7. The molecule has 0 saturated carbocycles. The summed E-state index contributed by atoms with van der Waals surface area (Å²) in [6, 6.07) is 3.76. The zero-order chi connectivity index (χ0) is 15.2. The highest BCUT2D eigenvalue weighted by Gasteiger charge is 2.18. The van der Waals surface area contributed by atoms with Crippen LogP contribution in [-0.4, -0.2) is 28.9 Å².